The smallest absolute Gasteiger partial charge is 0.252 e. The second-order valence-corrected chi connectivity index (χ2v) is 11.5. The number of rotatable bonds is 5. The van der Waals surface area contributed by atoms with E-state index in [0.717, 1.165) is 11.3 Å². The largest absolute Gasteiger partial charge is 0.310 e. The molecule has 1 fully saturated rings. The molecular weight excluding hydrogens is 452 g/mol. The lowest BCUT2D eigenvalue weighted by molar-refractivity contribution is -0.120. The minimum Gasteiger partial charge on any atom is -0.310 e. The van der Waals surface area contributed by atoms with Crippen molar-refractivity contribution < 1.29 is 13.2 Å². The molecule has 4 rings (SSSR count). The van der Waals surface area contributed by atoms with E-state index in [2.05, 4.69) is 20.4 Å². The molecule has 1 aliphatic heterocycles. The number of nitrogens with one attached hydrogen (secondary N) is 1. The first-order valence-electron chi connectivity index (χ1n) is 11.3. The highest BCUT2D eigenvalue weighted by Gasteiger charge is 2.33. The molecule has 0 radical (unpaired) electrons. The molecule has 1 aliphatic rings. The van der Waals surface area contributed by atoms with E-state index in [1.54, 1.807) is 42.7 Å². The van der Waals surface area contributed by atoms with E-state index >= 15 is 0 Å². The lowest BCUT2D eigenvalue weighted by Crippen LogP contribution is -2.41. The predicted octanol–water partition coefficient (Wildman–Crippen LogP) is 3.31. The van der Waals surface area contributed by atoms with Gasteiger partial charge in [-0.05, 0) is 38.0 Å². The average molecular weight is 483 g/mol. The van der Waals surface area contributed by atoms with Gasteiger partial charge in [-0.25, -0.2) is 18.4 Å². The Morgan fingerprint density at radius 1 is 1.06 bits per heavy atom. The molecule has 0 spiro atoms. The van der Waals surface area contributed by atoms with Gasteiger partial charge >= 0.3 is 0 Å². The molecule has 0 bridgehead atoms. The van der Waals surface area contributed by atoms with Crippen molar-refractivity contribution in [2.75, 3.05) is 18.4 Å². The Labute approximate surface area is 200 Å². The molecule has 10 heteroatoms. The van der Waals surface area contributed by atoms with Crippen LogP contribution in [0, 0.1) is 12.8 Å². The maximum atomic E-state index is 13.1. The lowest BCUT2D eigenvalue weighted by Gasteiger charge is -2.30. The van der Waals surface area contributed by atoms with E-state index in [1.165, 1.54) is 8.99 Å². The predicted molar refractivity (Wildman–Crippen MR) is 129 cm³/mol. The Morgan fingerprint density at radius 2 is 1.68 bits per heavy atom. The SMILES string of the molecule is Cc1ccc(S(=O)(=O)N2CCC(C(=O)Nc3cc(C(C)(C)C)nn3-c3ncccn3)CC2)cc1. The highest BCUT2D eigenvalue weighted by Crippen LogP contribution is 2.28. The van der Waals surface area contributed by atoms with Crippen molar-refractivity contribution in [3.05, 3.63) is 60.0 Å². The van der Waals surface area contributed by atoms with Crippen LogP contribution in [-0.2, 0) is 20.2 Å². The molecule has 180 valence electrons. The first-order valence-corrected chi connectivity index (χ1v) is 12.8. The fourth-order valence-electron chi connectivity index (χ4n) is 3.84. The number of hydrogen-bond acceptors (Lipinski definition) is 6. The Kier molecular flexibility index (Phi) is 6.55. The topological polar surface area (TPSA) is 110 Å². The van der Waals surface area contributed by atoms with Gasteiger partial charge in [0.1, 0.15) is 5.82 Å². The molecule has 0 unspecified atom stereocenters. The van der Waals surface area contributed by atoms with Gasteiger partial charge in [0.25, 0.3) is 5.95 Å². The highest BCUT2D eigenvalue weighted by molar-refractivity contribution is 7.89. The van der Waals surface area contributed by atoms with Crippen molar-refractivity contribution in [2.45, 2.75) is 50.8 Å². The van der Waals surface area contributed by atoms with E-state index in [0.29, 0.717) is 37.7 Å². The number of nitrogens with zero attached hydrogens (tertiary/aromatic N) is 5. The van der Waals surface area contributed by atoms with Gasteiger partial charge in [0.15, 0.2) is 0 Å². The van der Waals surface area contributed by atoms with Crippen LogP contribution in [0.5, 0.6) is 0 Å². The van der Waals surface area contributed by atoms with E-state index in [1.807, 2.05) is 33.8 Å². The Balaban J connectivity index is 1.47. The van der Waals surface area contributed by atoms with Crippen molar-refractivity contribution in [3.63, 3.8) is 0 Å². The van der Waals surface area contributed by atoms with Crippen molar-refractivity contribution >= 4 is 21.7 Å². The number of anilines is 1. The summed E-state index contributed by atoms with van der Waals surface area (Å²) in [5, 5.41) is 7.60. The zero-order valence-electron chi connectivity index (χ0n) is 19.9. The van der Waals surface area contributed by atoms with Crippen LogP contribution in [0.25, 0.3) is 5.95 Å². The number of carbonyl (C=O) groups excluding carboxylic acids is 1. The number of sulfonamides is 1. The van der Waals surface area contributed by atoms with Gasteiger partial charge in [0.2, 0.25) is 15.9 Å². The van der Waals surface area contributed by atoms with Gasteiger partial charge < -0.3 is 5.32 Å². The van der Waals surface area contributed by atoms with Gasteiger partial charge in [0.05, 0.1) is 10.6 Å². The summed E-state index contributed by atoms with van der Waals surface area (Å²) in [5.41, 5.74) is 1.58. The molecule has 2 aromatic heterocycles. The summed E-state index contributed by atoms with van der Waals surface area (Å²) in [5.74, 6) is 0.399. The second-order valence-electron chi connectivity index (χ2n) is 9.61. The van der Waals surface area contributed by atoms with Crippen LogP contribution in [0.2, 0.25) is 0 Å². The number of carbonyl (C=O) groups is 1. The first kappa shape index (κ1) is 24.0. The van der Waals surface area contributed by atoms with Crippen LogP contribution in [0.1, 0.15) is 44.9 Å². The van der Waals surface area contributed by atoms with Gasteiger partial charge in [0, 0.05) is 42.9 Å². The third-order valence-corrected chi connectivity index (χ3v) is 7.87. The Morgan fingerprint density at radius 3 is 2.26 bits per heavy atom. The molecule has 0 aliphatic carbocycles. The summed E-state index contributed by atoms with van der Waals surface area (Å²) in [6.07, 6.45) is 4.13. The number of aromatic nitrogens is 4. The fourth-order valence-corrected chi connectivity index (χ4v) is 5.31. The van der Waals surface area contributed by atoms with Crippen LogP contribution < -0.4 is 5.32 Å². The molecule has 9 nitrogen and oxygen atoms in total. The molecule has 3 aromatic rings. The number of aryl methyl sites for hydroxylation is 1. The second kappa shape index (κ2) is 9.27. The van der Waals surface area contributed by atoms with E-state index in [4.69, 9.17) is 0 Å². The standard InChI is InChI=1S/C24H30N6O3S/c1-17-6-8-19(9-7-17)34(32,33)29-14-10-18(11-15-29)22(31)27-21-16-20(24(2,3)4)28-30(21)23-25-12-5-13-26-23/h5-9,12-13,16,18H,10-11,14-15H2,1-4H3,(H,27,31). The fraction of sp³-hybridized carbons (Fsp3) is 0.417. The maximum absolute atomic E-state index is 13.1. The molecule has 1 aromatic carbocycles. The van der Waals surface area contributed by atoms with Gasteiger partial charge in [-0.1, -0.05) is 38.5 Å². The Hall–Kier alpha value is -3.11. The molecule has 0 atom stereocenters. The minimum atomic E-state index is -3.57. The Bertz CT molecular complexity index is 1260. The molecule has 1 amide bonds. The zero-order chi connectivity index (χ0) is 24.5. The third kappa shape index (κ3) is 5.02. The molecule has 1 N–H and O–H groups in total. The van der Waals surface area contributed by atoms with Crippen molar-refractivity contribution in [3.8, 4) is 5.95 Å². The molecule has 3 heterocycles. The normalized spacial score (nSPS) is 15.9. The number of hydrogen-bond donors (Lipinski definition) is 1. The maximum Gasteiger partial charge on any atom is 0.252 e. The van der Waals surface area contributed by atoms with Gasteiger partial charge in [-0.2, -0.15) is 14.1 Å². The summed E-state index contributed by atoms with van der Waals surface area (Å²) in [4.78, 5) is 21.9. The number of piperidine rings is 1. The summed E-state index contributed by atoms with van der Waals surface area (Å²) < 4.78 is 28.9. The van der Waals surface area contributed by atoms with Crippen molar-refractivity contribution in [2.24, 2.45) is 5.92 Å². The van der Waals surface area contributed by atoms with Crippen LogP contribution >= 0.6 is 0 Å². The van der Waals surface area contributed by atoms with E-state index in [-0.39, 0.29) is 22.1 Å². The van der Waals surface area contributed by atoms with Crippen molar-refractivity contribution in [1.82, 2.24) is 24.1 Å². The number of amides is 1. The molecule has 0 saturated carbocycles. The molecule has 1 saturated heterocycles. The summed E-state index contributed by atoms with van der Waals surface area (Å²) in [6.45, 7) is 8.63. The number of benzene rings is 1. The van der Waals surface area contributed by atoms with Crippen LogP contribution in [0.4, 0.5) is 5.82 Å². The van der Waals surface area contributed by atoms with Gasteiger partial charge in [-0.15, -0.1) is 0 Å². The zero-order valence-corrected chi connectivity index (χ0v) is 20.7. The molecular formula is C24H30N6O3S. The van der Waals surface area contributed by atoms with Crippen LogP contribution in [0.3, 0.4) is 0 Å². The van der Waals surface area contributed by atoms with E-state index in [9.17, 15) is 13.2 Å². The molecule has 34 heavy (non-hydrogen) atoms. The average Bonchev–Trinajstić information content (AvgIpc) is 3.24. The van der Waals surface area contributed by atoms with Crippen molar-refractivity contribution in [1.29, 1.82) is 0 Å². The quantitative estimate of drug-likeness (QED) is 0.597. The van der Waals surface area contributed by atoms with Crippen LogP contribution in [-0.4, -0.2) is 51.5 Å². The summed E-state index contributed by atoms with van der Waals surface area (Å²) >= 11 is 0. The van der Waals surface area contributed by atoms with E-state index < -0.39 is 10.0 Å². The highest BCUT2D eigenvalue weighted by atomic mass is 32.2. The summed E-state index contributed by atoms with van der Waals surface area (Å²) in [7, 11) is -3.57. The van der Waals surface area contributed by atoms with Gasteiger partial charge in [-0.3, -0.25) is 4.79 Å². The van der Waals surface area contributed by atoms with Crippen LogP contribution in [0.15, 0.2) is 53.7 Å². The minimum absolute atomic E-state index is 0.162. The lowest BCUT2D eigenvalue weighted by atomic mass is 9.92. The first-order chi connectivity index (χ1) is 16.1. The summed E-state index contributed by atoms with van der Waals surface area (Å²) in [6, 6.07) is 10.4. The monoisotopic (exact) mass is 482 g/mol. The third-order valence-electron chi connectivity index (χ3n) is 5.95.